The van der Waals surface area contributed by atoms with Crippen molar-refractivity contribution in [1.82, 2.24) is 4.98 Å². The minimum atomic E-state index is 0.392. The van der Waals surface area contributed by atoms with E-state index in [1.54, 1.807) is 12.3 Å². The Morgan fingerprint density at radius 3 is 2.83 bits per heavy atom. The maximum absolute atomic E-state index is 5.76. The topological polar surface area (TPSA) is 25.0 Å². The fourth-order valence-corrected chi connectivity index (χ4v) is 1.10. The summed E-state index contributed by atoms with van der Waals surface area (Å²) in [6.45, 7) is 0. The number of aromatic nitrogens is 1. The number of rotatable bonds is 1. The maximum atomic E-state index is 5.76. The van der Waals surface area contributed by atoms with E-state index in [4.69, 9.17) is 40.8 Å². The van der Waals surface area contributed by atoms with Gasteiger partial charge < -0.3 is 9.72 Å². The van der Waals surface area contributed by atoms with Crippen molar-refractivity contribution >= 4 is 41.1 Å². The summed E-state index contributed by atoms with van der Waals surface area (Å²) in [6.07, 6.45) is 1.67. The molecule has 1 aromatic rings. The lowest BCUT2D eigenvalue weighted by atomic mass is 10.3. The number of nitrogens with one attached hydrogen (secondary N) is 1. The summed E-state index contributed by atoms with van der Waals surface area (Å²) in [4.78, 5) is 2.80. The SMILES string of the molecule is COC(=S)c1c[nH]c(=S)c(Cl)c1. The molecular formula is C7H6ClNOS2. The summed E-state index contributed by atoms with van der Waals surface area (Å²) in [6, 6.07) is 1.67. The first-order chi connectivity index (χ1) is 5.65. The molecule has 0 saturated carbocycles. The van der Waals surface area contributed by atoms with E-state index in [-0.39, 0.29) is 0 Å². The second kappa shape index (κ2) is 3.98. The Balaban J connectivity index is 3.13. The van der Waals surface area contributed by atoms with Crippen molar-refractivity contribution in [3.05, 3.63) is 27.5 Å². The van der Waals surface area contributed by atoms with Gasteiger partial charge in [0.2, 0.25) is 0 Å². The van der Waals surface area contributed by atoms with Crippen LogP contribution in [0.5, 0.6) is 0 Å². The van der Waals surface area contributed by atoms with Crippen molar-refractivity contribution in [1.29, 1.82) is 0 Å². The third-order valence-electron chi connectivity index (χ3n) is 1.28. The molecule has 0 unspecified atom stereocenters. The van der Waals surface area contributed by atoms with Crippen LogP contribution in [0.25, 0.3) is 0 Å². The number of ether oxygens (including phenoxy) is 1. The third kappa shape index (κ3) is 2.03. The van der Waals surface area contributed by atoms with E-state index in [1.807, 2.05) is 0 Å². The van der Waals surface area contributed by atoms with E-state index < -0.39 is 0 Å². The molecule has 0 aliphatic heterocycles. The Labute approximate surface area is 85.5 Å². The quantitative estimate of drug-likeness (QED) is 0.736. The van der Waals surface area contributed by atoms with Gasteiger partial charge in [-0.15, -0.1) is 0 Å². The standard InChI is InChI=1S/C7H6ClNOS2/c1-10-7(12)4-2-5(8)6(11)9-3-4/h2-3H,1H3,(H,9,11). The first-order valence-corrected chi connectivity index (χ1v) is 4.31. The molecule has 5 heteroatoms. The molecule has 0 aromatic carbocycles. The number of methoxy groups -OCH3 is 1. The molecule has 0 aliphatic rings. The Bertz CT molecular complexity index is 361. The molecule has 0 atom stereocenters. The zero-order valence-corrected chi connectivity index (χ0v) is 8.65. The highest BCUT2D eigenvalue weighted by Gasteiger charge is 2.01. The van der Waals surface area contributed by atoms with Crippen LogP contribution in [0.3, 0.4) is 0 Å². The molecule has 1 heterocycles. The summed E-state index contributed by atoms with van der Waals surface area (Å²) in [5.74, 6) is 0. The summed E-state index contributed by atoms with van der Waals surface area (Å²) in [7, 11) is 1.51. The number of hydrogen-bond donors (Lipinski definition) is 1. The van der Waals surface area contributed by atoms with Crippen LogP contribution in [0.4, 0.5) is 0 Å². The summed E-state index contributed by atoms with van der Waals surface area (Å²) >= 11 is 15.5. The molecule has 0 saturated heterocycles. The molecule has 0 amide bonds. The lowest BCUT2D eigenvalue weighted by Gasteiger charge is -2.01. The fourth-order valence-electron chi connectivity index (χ4n) is 0.692. The lowest BCUT2D eigenvalue weighted by Crippen LogP contribution is -1.99. The molecule has 0 spiro atoms. The van der Waals surface area contributed by atoms with Crippen molar-refractivity contribution < 1.29 is 4.74 Å². The van der Waals surface area contributed by atoms with Crippen molar-refractivity contribution in [3.8, 4) is 0 Å². The van der Waals surface area contributed by atoms with Crippen LogP contribution in [-0.4, -0.2) is 17.1 Å². The first kappa shape index (κ1) is 9.64. The second-order valence-electron chi connectivity index (χ2n) is 2.06. The highest BCUT2D eigenvalue weighted by molar-refractivity contribution is 7.80. The van der Waals surface area contributed by atoms with Gasteiger partial charge in [0.15, 0.2) is 5.05 Å². The van der Waals surface area contributed by atoms with Crippen LogP contribution >= 0.6 is 36.0 Å². The maximum Gasteiger partial charge on any atom is 0.192 e. The minimum Gasteiger partial charge on any atom is -0.486 e. The Hall–Kier alpha value is -0.450. The van der Waals surface area contributed by atoms with E-state index in [9.17, 15) is 0 Å². The van der Waals surface area contributed by atoms with Gasteiger partial charge in [-0.1, -0.05) is 23.8 Å². The predicted octanol–water partition coefficient (Wildman–Crippen LogP) is 2.72. The number of aromatic amines is 1. The van der Waals surface area contributed by atoms with Gasteiger partial charge in [0.05, 0.1) is 12.1 Å². The van der Waals surface area contributed by atoms with Crippen LogP contribution in [0.2, 0.25) is 5.02 Å². The number of thiocarbonyl (C=S) groups is 1. The van der Waals surface area contributed by atoms with Gasteiger partial charge in [0.25, 0.3) is 0 Å². The first-order valence-electron chi connectivity index (χ1n) is 3.11. The minimum absolute atomic E-state index is 0.392. The van der Waals surface area contributed by atoms with E-state index in [2.05, 4.69) is 4.98 Å². The van der Waals surface area contributed by atoms with Gasteiger partial charge >= 0.3 is 0 Å². The van der Waals surface area contributed by atoms with Gasteiger partial charge in [-0.05, 0) is 18.3 Å². The molecule has 12 heavy (non-hydrogen) atoms. The van der Waals surface area contributed by atoms with Crippen molar-refractivity contribution in [2.24, 2.45) is 0 Å². The molecule has 1 N–H and O–H groups in total. The Morgan fingerprint density at radius 2 is 2.33 bits per heavy atom. The average molecular weight is 220 g/mol. The number of pyridine rings is 1. The summed E-state index contributed by atoms with van der Waals surface area (Å²) in [5, 5.41) is 0.866. The molecular weight excluding hydrogens is 214 g/mol. The monoisotopic (exact) mass is 219 g/mol. The number of H-pyrrole nitrogens is 1. The normalized spacial score (nSPS) is 9.50. The summed E-state index contributed by atoms with van der Waals surface area (Å²) < 4.78 is 5.35. The predicted molar refractivity (Wildman–Crippen MR) is 55.3 cm³/mol. The number of hydrogen-bond acceptors (Lipinski definition) is 3. The molecule has 0 fully saturated rings. The average Bonchev–Trinajstić information content (AvgIpc) is 2.08. The zero-order chi connectivity index (χ0) is 9.14. The Morgan fingerprint density at radius 1 is 1.67 bits per heavy atom. The van der Waals surface area contributed by atoms with Crippen LogP contribution in [0.15, 0.2) is 12.3 Å². The van der Waals surface area contributed by atoms with Crippen molar-refractivity contribution in [2.75, 3.05) is 7.11 Å². The smallest absolute Gasteiger partial charge is 0.192 e. The molecule has 1 rings (SSSR count). The zero-order valence-electron chi connectivity index (χ0n) is 6.26. The van der Waals surface area contributed by atoms with Gasteiger partial charge in [0.1, 0.15) is 4.64 Å². The molecule has 64 valence electrons. The largest absolute Gasteiger partial charge is 0.486 e. The third-order valence-corrected chi connectivity index (χ3v) is 2.43. The summed E-state index contributed by atoms with van der Waals surface area (Å²) in [5.41, 5.74) is 0.728. The van der Waals surface area contributed by atoms with Crippen molar-refractivity contribution in [3.63, 3.8) is 0 Å². The van der Waals surface area contributed by atoms with E-state index in [1.165, 1.54) is 7.11 Å². The van der Waals surface area contributed by atoms with Gasteiger partial charge in [-0.2, -0.15) is 0 Å². The highest BCUT2D eigenvalue weighted by Crippen LogP contribution is 2.12. The fraction of sp³-hybridized carbons (Fsp3) is 0.143. The van der Waals surface area contributed by atoms with Gasteiger partial charge in [-0.25, -0.2) is 0 Å². The van der Waals surface area contributed by atoms with Crippen LogP contribution in [-0.2, 0) is 4.74 Å². The molecule has 0 aliphatic carbocycles. The van der Waals surface area contributed by atoms with Crippen LogP contribution in [0, 0.1) is 4.64 Å². The van der Waals surface area contributed by atoms with Gasteiger partial charge in [-0.3, -0.25) is 0 Å². The lowest BCUT2D eigenvalue weighted by molar-refractivity contribution is 0.416. The number of halogens is 1. The van der Waals surface area contributed by atoms with Crippen LogP contribution in [0.1, 0.15) is 5.56 Å². The van der Waals surface area contributed by atoms with Crippen LogP contribution < -0.4 is 0 Å². The van der Waals surface area contributed by atoms with Crippen molar-refractivity contribution in [2.45, 2.75) is 0 Å². The highest BCUT2D eigenvalue weighted by atomic mass is 35.5. The Kier molecular flexibility index (Phi) is 3.20. The van der Waals surface area contributed by atoms with E-state index >= 15 is 0 Å². The van der Waals surface area contributed by atoms with E-state index in [0.29, 0.717) is 14.7 Å². The van der Waals surface area contributed by atoms with Gasteiger partial charge in [0, 0.05) is 11.8 Å². The molecule has 0 bridgehead atoms. The molecule has 2 nitrogen and oxygen atoms in total. The molecule has 0 radical (unpaired) electrons. The molecule has 1 aromatic heterocycles. The van der Waals surface area contributed by atoms with E-state index in [0.717, 1.165) is 5.56 Å². The second-order valence-corrected chi connectivity index (χ2v) is 3.24.